The van der Waals surface area contributed by atoms with Gasteiger partial charge in [-0.05, 0) is 24.1 Å². The van der Waals surface area contributed by atoms with Crippen molar-refractivity contribution >= 4 is 28.5 Å². The first-order valence-corrected chi connectivity index (χ1v) is 6.09. The topological polar surface area (TPSA) is 68.2 Å². The fourth-order valence-corrected chi connectivity index (χ4v) is 2.42. The molecule has 0 saturated carbocycles. The van der Waals surface area contributed by atoms with Gasteiger partial charge in [0.25, 0.3) is 0 Å². The van der Waals surface area contributed by atoms with E-state index in [1.165, 1.54) is 0 Å². The summed E-state index contributed by atoms with van der Waals surface area (Å²) in [5.74, 6) is -0.845. The molecule has 18 heavy (non-hydrogen) atoms. The van der Waals surface area contributed by atoms with Crippen LogP contribution >= 0.6 is 11.6 Å². The van der Waals surface area contributed by atoms with Gasteiger partial charge in [-0.15, -0.1) is 0 Å². The highest BCUT2D eigenvalue weighted by molar-refractivity contribution is 6.36. The first-order valence-electron chi connectivity index (χ1n) is 5.71. The summed E-state index contributed by atoms with van der Waals surface area (Å²) >= 11 is 6.32. The molecule has 0 amide bonds. The molecule has 1 aromatic heterocycles. The van der Waals surface area contributed by atoms with Gasteiger partial charge in [0.15, 0.2) is 0 Å². The Kier molecular flexibility index (Phi) is 3.59. The minimum absolute atomic E-state index is 0.0460. The molecule has 1 atom stereocenters. The Hall–Kier alpha value is -1.52. The Morgan fingerprint density at radius 1 is 1.50 bits per heavy atom. The number of aliphatic carboxylic acids is 1. The van der Waals surface area contributed by atoms with E-state index in [0.717, 1.165) is 16.5 Å². The molecule has 5 heteroatoms. The zero-order valence-electron chi connectivity index (χ0n) is 10.1. The zero-order valence-corrected chi connectivity index (χ0v) is 10.8. The second-order valence-corrected chi connectivity index (χ2v) is 4.75. The standard InChI is InChI=1S/C13H15ClN2O2/c1-16-7-6-9-11(16)4-2-8(13(9)14)10(15)3-5-12(17)18/h2,4,6-7,10H,3,5,15H2,1H3,(H,17,18). The molecular formula is C13H15ClN2O2. The minimum atomic E-state index is -0.845. The van der Waals surface area contributed by atoms with Crippen molar-refractivity contribution < 1.29 is 9.90 Å². The SMILES string of the molecule is Cn1ccc2c(Cl)c(C(N)CCC(=O)O)ccc21. The van der Waals surface area contributed by atoms with Crippen LogP contribution in [-0.4, -0.2) is 15.6 Å². The van der Waals surface area contributed by atoms with Crippen molar-refractivity contribution in [1.29, 1.82) is 0 Å². The minimum Gasteiger partial charge on any atom is -0.481 e. The largest absolute Gasteiger partial charge is 0.481 e. The number of fused-ring (bicyclic) bond motifs is 1. The summed E-state index contributed by atoms with van der Waals surface area (Å²) in [6.45, 7) is 0. The number of aromatic nitrogens is 1. The van der Waals surface area contributed by atoms with Gasteiger partial charge >= 0.3 is 5.97 Å². The lowest BCUT2D eigenvalue weighted by atomic mass is 10.0. The maximum Gasteiger partial charge on any atom is 0.303 e. The van der Waals surface area contributed by atoms with Crippen LogP contribution in [0.15, 0.2) is 24.4 Å². The number of carboxylic acids is 1. The van der Waals surface area contributed by atoms with Gasteiger partial charge in [0.05, 0.1) is 5.02 Å². The van der Waals surface area contributed by atoms with Gasteiger partial charge in [0.2, 0.25) is 0 Å². The summed E-state index contributed by atoms with van der Waals surface area (Å²) in [5, 5.41) is 10.2. The van der Waals surface area contributed by atoms with E-state index in [4.69, 9.17) is 22.4 Å². The van der Waals surface area contributed by atoms with Crippen molar-refractivity contribution in [3.05, 3.63) is 35.0 Å². The highest BCUT2D eigenvalue weighted by Crippen LogP contribution is 2.32. The number of carbonyl (C=O) groups is 1. The Morgan fingerprint density at radius 3 is 2.89 bits per heavy atom. The molecule has 4 nitrogen and oxygen atoms in total. The van der Waals surface area contributed by atoms with Crippen molar-refractivity contribution in [2.75, 3.05) is 0 Å². The molecule has 0 saturated heterocycles. The molecule has 0 bridgehead atoms. The molecule has 1 unspecified atom stereocenters. The first kappa shape index (κ1) is 12.9. The Morgan fingerprint density at radius 2 is 2.22 bits per heavy atom. The third kappa shape index (κ3) is 2.35. The second kappa shape index (κ2) is 5.00. The van der Waals surface area contributed by atoms with Gasteiger partial charge in [-0.2, -0.15) is 0 Å². The van der Waals surface area contributed by atoms with Gasteiger partial charge in [0, 0.05) is 36.6 Å². The molecule has 1 heterocycles. The summed E-state index contributed by atoms with van der Waals surface area (Å²) in [7, 11) is 1.95. The van der Waals surface area contributed by atoms with Crippen LogP contribution in [0, 0.1) is 0 Å². The third-order valence-electron chi connectivity index (χ3n) is 3.10. The zero-order chi connectivity index (χ0) is 13.3. The predicted octanol–water partition coefficient (Wildman–Crippen LogP) is 2.70. The second-order valence-electron chi connectivity index (χ2n) is 4.37. The molecule has 0 fully saturated rings. The molecule has 1 aromatic carbocycles. The average Bonchev–Trinajstić information content (AvgIpc) is 2.69. The summed E-state index contributed by atoms with van der Waals surface area (Å²) in [6, 6.07) is 5.41. The Balaban J connectivity index is 2.33. The van der Waals surface area contributed by atoms with Crippen LogP contribution in [0.2, 0.25) is 5.02 Å². The predicted molar refractivity (Wildman–Crippen MR) is 71.7 cm³/mol. The van der Waals surface area contributed by atoms with E-state index in [-0.39, 0.29) is 12.5 Å². The van der Waals surface area contributed by atoms with E-state index in [1.54, 1.807) is 0 Å². The molecule has 0 aliphatic heterocycles. The van der Waals surface area contributed by atoms with E-state index in [1.807, 2.05) is 36.0 Å². The number of nitrogens with zero attached hydrogens (tertiary/aromatic N) is 1. The number of carboxylic acid groups (broad SMARTS) is 1. The summed E-state index contributed by atoms with van der Waals surface area (Å²) in [6.07, 6.45) is 2.36. The van der Waals surface area contributed by atoms with Crippen LogP contribution in [-0.2, 0) is 11.8 Å². The fraction of sp³-hybridized carbons (Fsp3) is 0.308. The molecule has 0 radical (unpaired) electrons. The molecule has 2 rings (SSSR count). The lowest BCUT2D eigenvalue weighted by molar-refractivity contribution is -0.137. The molecule has 0 aliphatic rings. The van der Waals surface area contributed by atoms with E-state index in [0.29, 0.717) is 11.4 Å². The van der Waals surface area contributed by atoms with Crippen LogP contribution in [0.3, 0.4) is 0 Å². The number of benzene rings is 1. The number of halogens is 1. The van der Waals surface area contributed by atoms with Gasteiger partial charge in [-0.1, -0.05) is 17.7 Å². The van der Waals surface area contributed by atoms with Crippen molar-refractivity contribution in [1.82, 2.24) is 4.57 Å². The van der Waals surface area contributed by atoms with Crippen molar-refractivity contribution in [2.24, 2.45) is 12.8 Å². The quantitative estimate of drug-likeness (QED) is 0.894. The maximum absolute atomic E-state index is 10.5. The highest BCUT2D eigenvalue weighted by atomic mass is 35.5. The van der Waals surface area contributed by atoms with Gasteiger partial charge < -0.3 is 15.4 Å². The van der Waals surface area contributed by atoms with Crippen molar-refractivity contribution in [2.45, 2.75) is 18.9 Å². The average molecular weight is 267 g/mol. The lowest BCUT2D eigenvalue weighted by Gasteiger charge is -2.13. The first-order chi connectivity index (χ1) is 8.50. The summed E-state index contributed by atoms with van der Waals surface area (Å²) < 4.78 is 1.98. The fourth-order valence-electron chi connectivity index (χ4n) is 2.05. The number of aryl methyl sites for hydroxylation is 1. The van der Waals surface area contributed by atoms with Gasteiger partial charge in [-0.3, -0.25) is 4.79 Å². The monoisotopic (exact) mass is 266 g/mol. The molecule has 3 N–H and O–H groups in total. The third-order valence-corrected chi connectivity index (χ3v) is 3.52. The van der Waals surface area contributed by atoms with Crippen LogP contribution in [0.1, 0.15) is 24.4 Å². The van der Waals surface area contributed by atoms with E-state index in [9.17, 15) is 4.79 Å². The van der Waals surface area contributed by atoms with Crippen LogP contribution in [0.4, 0.5) is 0 Å². The van der Waals surface area contributed by atoms with Crippen LogP contribution in [0.5, 0.6) is 0 Å². The molecular weight excluding hydrogens is 252 g/mol. The summed E-state index contributed by atoms with van der Waals surface area (Å²) in [4.78, 5) is 10.5. The molecule has 0 spiro atoms. The summed E-state index contributed by atoms with van der Waals surface area (Å²) in [5.41, 5.74) is 7.83. The molecule has 96 valence electrons. The van der Waals surface area contributed by atoms with E-state index in [2.05, 4.69) is 0 Å². The van der Waals surface area contributed by atoms with Gasteiger partial charge in [0.1, 0.15) is 0 Å². The van der Waals surface area contributed by atoms with E-state index >= 15 is 0 Å². The highest BCUT2D eigenvalue weighted by Gasteiger charge is 2.14. The number of nitrogens with two attached hydrogens (primary N) is 1. The Bertz CT molecular complexity index is 592. The number of hydrogen-bond acceptors (Lipinski definition) is 2. The smallest absolute Gasteiger partial charge is 0.303 e. The lowest BCUT2D eigenvalue weighted by Crippen LogP contribution is -2.12. The maximum atomic E-state index is 10.5. The van der Waals surface area contributed by atoms with E-state index < -0.39 is 5.97 Å². The molecule has 0 aliphatic carbocycles. The normalized spacial score (nSPS) is 12.8. The number of rotatable bonds is 4. The van der Waals surface area contributed by atoms with Crippen LogP contribution < -0.4 is 5.73 Å². The van der Waals surface area contributed by atoms with Crippen molar-refractivity contribution in [3.8, 4) is 0 Å². The van der Waals surface area contributed by atoms with Gasteiger partial charge in [-0.25, -0.2) is 0 Å². The van der Waals surface area contributed by atoms with Crippen LogP contribution in [0.25, 0.3) is 10.9 Å². The molecule has 2 aromatic rings. The van der Waals surface area contributed by atoms with Crippen molar-refractivity contribution in [3.63, 3.8) is 0 Å². The number of hydrogen-bond donors (Lipinski definition) is 2. The Labute approximate surface area is 110 Å².